The van der Waals surface area contributed by atoms with Crippen LogP contribution in [0.2, 0.25) is 0 Å². The van der Waals surface area contributed by atoms with Crippen LogP contribution in [0.5, 0.6) is 11.5 Å². The van der Waals surface area contributed by atoms with Gasteiger partial charge < -0.3 is 19.7 Å². The zero-order valence-electron chi connectivity index (χ0n) is 12.3. The van der Waals surface area contributed by atoms with Crippen LogP contribution in [0.25, 0.3) is 0 Å². The minimum absolute atomic E-state index is 0.168. The molecule has 1 saturated heterocycles. The van der Waals surface area contributed by atoms with Crippen molar-refractivity contribution in [2.75, 3.05) is 34.4 Å². The zero-order chi connectivity index (χ0) is 14.5. The second-order valence-electron chi connectivity index (χ2n) is 5.13. The fourth-order valence-electron chi connectivity index (χ4n) is 2.32. The lowest BCUT2D eigenvalue weighted by Crippen LogP contribution is -2.44. The zero-order valence-corrected chi connectivity index (χ0v) is 12.3. The largest absolute Gasteiger partial charge is 0.493 e. The predicted octanol–water partition coefficient (Wildman–Crippen LogP) is 1.27. The molecule has 0 spiro atoms. The number of nitrogens with one attached hydrogen (secondary N) is 1. The van der Waals surface area contributed by atoms with E-state index in [0.717, 1.165) is 18.7 Å². The smallest absolute Gasteiger partial charge is 0.222 e. The van der Waals surface area contributed by atoms with Crippen molar-refractivity contribution < 1.29 is 14.3 Å². The highest BCUT2D eigenvalue weighted by atomic mass is 16.5. The molecule has 0 bridgehead atoms. The molecular formula is C15H22N2O3. The predicted molar refractivity (Wildman–Crippen MR) is 77.0 cm³/mol. The fourth-order valence-corrected chi connectivity index (χ4v) is 2.32. The van der Waals surface area contributed by atoms with E-state index in [9.17, 15) is 4.79 Å². The Labute approximate surface area is 119 Å². The van der Waals surface area contributed by atoms with Gasteiger partial charge in [-0.2, -0.15) is 0 Å². The van der Waals surface area contributed by atoms with Gasteiger partial charge in [0.2, 0.25) is 5.91 Å². The van der Waals surface area contributed by atoms with Gasteiger partial charge in [-0.3, -0.25) is 4.79 Å². The van der Waals surface area contributed by atoms with Crippen molar-refractivity contribution in [1.82, 2.24) is 10.2 Å². The summed E-state index contributed by atoms with van der Waals surface area (Å²) >= 11 is 0. The van der Waals surface area contributed by atoms with Crippen molar-refractivity contribution >= 4 is 5.91 Å². The molecule has 2 rings (SSSR count). The molecular weight excluding hydrogens is 256 g/mol. The number of methoxy groups -OCH3 is 2. The highest BCUT2D eigenvalue weighted by Gasteiger charge is 2.22. The van der Waals surface area contributed by atoms with Crippen LogP contribution >= 0.6 is 0 Å². The Morgan fingerprint density at radius 1 is 1.35 bits per heavy atom. The minimum Gasteiger partial charge on any atom is -0.493 e. The summed E-state index contributed by atoms with van der Waals surface area (Å²) in [5.74, 6) is 2.03. The van der Waals surface area contributed by atoms with Crippen LogP contribution in [-0.2, 0) is 11.3 Å². The number of benzene rings is 1. The highest BCUT2D eigenvalue weighted by Crippen LogP contribution is 2.31. The maximum Gasteiger partial charge on any atom is 0.222 e. The first kappa shape index (κ1) is 14.7. The molecule has 5 heteroatoms. The molecule has 1 amide bonds. The first-order valence-electron chi connectivity index (χ1n) is 6.80. The molecule has 0 atom stereocenters. The first-order valence-corrected chi connectivity index (χ1v) is 6.80. The maximum atomic E-state index is 12.1. The molecule has 0 aromatic heterocycles. The summed E-state index contributed by atoms with van der Waals surface area (Å²) < 4.78 is 10.7. The fraction of sp³-hybridized carbons (Fsp3) is 0.533. The second kappa shape index (κ2) is 6.61. The minimum atomic E-state index is 0.168. The van der Waals surface area contributed by atoms with Gasteiger partial charge in [0.25, 0.3) is 0 Å². The van der Waals surface area contributed by atoms with Gasteiger partial charge in [-0.1, -0.05) is 12.1 Å². The molecule has 0 aliphatic carbocycles. The van der Waals surface area contributed by atoms with Gasteiger partial charge in [0.15, 0.2) is 11.5 Å². The average molecular weight is 278 g/mol. The first-order chi connectivity index (χ1) is 9.65. The van der Waals surface area contributed by atoms with E-state index in [1.807, 2.05) is 25.2 Å². The summed E-state index contributed by atoms with van der Waals surface area (Å²) in [6.45, 7) is 2.42. The van der Waals surface area contributed by atoms with Crippen molar-refractivity contribution in [2.45, 2.75) is 13.0 Å². The Morgan fingerprint density at radius 3 is 2.65 bits per heavy atom. The van der Waals surface area contributed by atoms with Crippen LogP contribution in [0, 0.1) is 5.92 Å². The van der Waals surface area contributed by atoms with Gasteiger partial charge in [-0.25, -0.2) is 0 Å². The Hall–Kier alpha value is -1.75. The molecule has 1 N–H and O–H groups in total. The molecule has 1 aliphatic heterocycles. The normalized spacial score (nSPS) is 14.6. The van der Waals surface area contributed by atoms with Crippen LogP contribution in [0.1, 0.15) is 12.0 Å². The topological polar surface area (TPSA) is 50.8 Å². The Morgan fingerprint density at radius 2 is 2.10 bits per heavy atom. The van der Waals surface area contributed by atoms with E-state index >= 15 is 0 Å². The quantitative estimate of drug-likeness (QED) is 0.851. The Kier molecular flexibility index (Phi) is 4.84. The SMILES string of the molecule is COc1cccc(CN(C)C(=O)CC2CNC2)c1OC. The Bertz CT molecular complexity index is 472. The van der Waals surface area contributed by atoms with Crippen molar-refractivity contribution in [3.8, 4) is 11.5 Å². The molecule has 0 unspecified atom stereocenters. The van der Waals surface area contributed by atoms with E-state index < -0.39 is 0 Å². The molecule has 110 valence electrons. The molecule has 0 radical (unpaired) electrons. The second-order valence-corrected chi connectivity index (χ2v) is 5.13. The van der Waals surface area contributed by atoms with E-state index in [4.69, 9.17) is 9.47 Å². The number of hydrogen-bond donors (Lipinski definition) is 1. The number of carbonyl (C=O) groups is 1. The third-order valence-corrected chi connectivity index (χ3v) is 3.65. The van der Waals surface area contributed by atoms with Gasteiger partial charge in [0, 0.05) is 25.6 Å². The van der Waals surface area contributed by atoms with Crippen LogP contribution < -0.4 is 14.8 Å². The van der Waals surface area contributed by atoms with Gasteiger partial charge in [-0.05, 0) is 25.1 Å². The lowest BCUT2D eigenvalue weighted by atomic mass is 9.98. The number of hydrogen-bond acceptors (Lipinski definition) is 4. The maximum absolute atomic E-state index is 12.1. The number of ether oxygens (including phenoxy) is 2. The number of amides is 1. The molecule has 5 nitrogen and oxygen atoms in total. The highest BCUT2D eigenvalue weighted by molar-refractivity contribution is 5.76. The molecule has 20 heavy (non-hydrogen) atoms. The summed E-state index contributed by atoms with van der Waals surface area (Å²) in [5.41, 5.74) is 0.953. The van der Waals surface area contributed by atoms with Gasteiger partial charge in [0.05, 0.1) is 14.2 Å². The summed E-state index contributed by atoms with van der Waals surface area (Å²) in [4.78, 5) is 13.9. The van der Waals surface area contributed by atoms with Crippen LogP contribution in [0.4, 0.5) is 0 Å². The van der Waals surface area contributed by atoms with Gasteiger partial charge >= 0.3 is 0 Å². The number of rotatable bonds is 6. The standard InChI is InChI=1S/C15H22N2O3/c1-17(14(18)7-11-8-16-9-11)10-12-5-4-6-13(19-2)15(12)20-3/h4-6,11,16H,7-10H2,1-3H3. The average Bonchev–Trinajstić information content (AvgIpc) is 2.42. The van der Waals surface area contributed by atoms with Crippen molar-refractivity contribution in [3.05, 3.63) is 23.8 Å². The van der Waals surface area contributed by atoms with E-state index in [2.05, 4.69) is 5.32 Å². The monoisotopic (exact) mass is 278 g/mol. The number of carbonyl (C=O) groups excluding carboxylic acids is 1. The number of para-hydroxylation sites is 1. The van der Waals surface area contributed by atoms with Gasteiger partial charge in [-0.15, -0.1) is 0 Å². The van der Waals surface area contributed by atoms with Crippen molar-refractivity contribution in [2.24, 2.45) is 5.92 Å². The van der Waals surface area contributed by atoms with E-state index in [-0.39, 0.29) is 5.91 Å². The van der Waals surface area contributed by atoms with E-state index in [1.165, 1.54) is 0 Å². The molecule has 0 saturated carbocycles. The van der Waals surface area contributed by atoms with Crippen molar-refractivity contribution in [1.29, 1.82) is 0 Å². The van der Waals surface area contributed by atoms with Crippen molar-refractivity contribution in [3.63, 3.8) is 0 Å². The van der Waals surface area contributed by atoms with E-state index in [0.29, 0.717) is 30.4 Å². The van der Waals surface area contributed by atoms with E-state index in [1.54, 1.807) is 19.1 Å². The summed E-state index contributed by atoms with van der Waals surface area (Å²) in [6.07, 6.45) is 0.607. The molecule has 1 fully saturated rings. The van der Waals surface area contributed by atoms with Gasteiger partial charge in [0.1, 0.15) is 0 Å². The molecule has 1 aliphatic rings. The lowest BCUT2D eigenvalue weighted by molar-refractivity contribution is -0.131. The lowest BCUT2D eigenvalue weighted by Gasteiger charge is -2.28. The molecule has 1 heterocycles. The van der Waals surface area contributed by atoms with Crippen LogP contribution in [0.15, 0.2) is 18.2 Å². The van der Waals surface area contributed by atoms with Crippen LogP contribution in [0.3, 0.4) is 0 Å². The third-order valence-electron chi connectivity index (χ3n) is 3.65. The third kappa shape index (κ3) is 3.22. The molecule has 1 aromatic carbocycles. The molecule has 1 aromatic rings. The summed E-state index contributed by atoms with van der Waals surface area (Å²) in [5, 5.41) is 3.18. The number of nitrogens with zero attached hydrogens (tertiary/aromatic N) is 1. The summed E-state index contributed by atoms with van der Waals surface area (Å²) in [6, 6.07) is 5.71. The summed E-state index contributed by atoms with van der Waals surface area (Å²) in [7, 11) is 5.05. The van der Waals surface area contributed by atoms with Crippen LogP contribution in [-0.4, -0.2) is 45.2 Å². The Balaban J connectivity index is 2.02.